The smallest absolute Gasteiger partial charge is 0.106 e. The standard InChI is InChI=1S/C7H11IN2O2/c1-7(8)3-2-5(9-11)6(4-7)10-12/h11-12H,2-4H2,1H3/b9-5-,10-6+. The molecule has 1 saturated carbocycles. The summed E-state index contributed by atoms with van der Waals surface area (Å²) in [5.41, 5.74) is 1.01. The Labute approximate surface area is 84.5 Å². The SMILES string of the molecule is CC1(I)CCC(=N/O)/C(=N/O)C1. The zero-order valence-electron chi connectivity index (χ0n) is 6.79. The number of alkyl halides is 1. The summed E-state index contributed by atoms with van der Waals surface area (Å²) in [5, 5.41) is 23.4. The van der Waals surface area contributed by atoms with Gasteiger partial charge in [0, 0.05) is 9.84 Å². The van der Waals surface area contributed by atoms with Crippen LogP contribution in [-0.2, 0) is 0 Å². The molecule has 1 fully saturated rings. The Kier molecular flexibility index (Phi) is 2.92. The summed E-state index contributed by atoms with van der Waals surface area (Å²) < 4.78 is 0.119. The van der Waals surface area contributed by atoms with Gasteiger partial charge in [0.2, 0.25) is 0 Å². The van der Waals surface area contributed by atoms with Gasteiger partial charge in [-0.1, -0.05) is 39.8 Å². The molecular formula is C7H11IN2O2. The second kappa shape index (κ2) is 3.59. The molecule has 5 heteroatoms. The molecular weight excluding hydrogens is 271 g/mol. The number of hydrogen-bond donors (Lipinski definition) is 2. The third-order valence-electron chi connectivity index (χ3n) is 1.99. The van der Waals surface area contributed by atoms with Gasteiger partial charge in [-0.2, -0.15) is 0 Å². The molecule has 1 rings (SSSR count). The van der Waals surface area contributed by atoms with E-state index in [-0.39, 0.29) is 3.42 Å². The van der Waals surface area contributed by atoms with Crippen LogP contribution in [0.5, 0.6) is 0 Å². The highest BCUT2D eigenvalue weighted by Gasteiger charge is 2.31. The summed E-state index contributed by atoms with van der Waals surface area (Å²) >= 11 is 2.33. The van der Waals surface area contributed by atoms with E-state index < -0.39 is 0 Å². The van der Waals surface area contributed by atoms with Gasteiger partial charge in [0.15, 0.2) is 0 Å². The monoisotopic (exact) mass is 282 g/mol. The number of hydrogen-bond acceptors (Lipinski definition) is 4. The van der Waals surface area contributed by atoms with Crippen LogP contribution in [0.25, 0.3) is 0 Å². The average Bonchev–Trinajstić information content (AvgIpc) is 2.03. The molecule has 1 unspecified atom stereocenters. The van der Waals surface area contributed by atoms with Crippen molar-refractivity contribution < 1.29 is 10.4 Å². The van der Waals surface area contributed by atoms with Gasteiger partial charge < -0.3 is 10.4 Å². The molecule has 1 atom stereocenters. The summed E-state index contributed by atoms with van der Waals surface area (Å²) in [5.74, 6) is 0. The van der Waals surface area contributed by atoms with E-state index in [1.807, 2.05) is 0 Å². The van der Waals surface area contributed by atoms with Crippen molar-refractivity contribution in [2.75, 3.05) is 0 Å². The van der Waals surface area contributed by atoms with Gasteiger partial charge in [0.1, 0.15) is 11.4 Å². The van der Waals surface area contributed by atoms with E-state index in [0.717, 1.165) is 6.42 Å². The number of oxime groups is 2. The fourth-order valence-electron chi connectivity index (χ4n) is 1.26. The Hall–Kier alpha value is -0.330. The molecule has 0 radical (unpaired) electrons. The number of nitrogens with zero attached hydrogens (tertiary/aromatic N) is 2. The minimum Gasteiger partial charge on any atom is -0.411 e. The Balaban J connectivity index is 2.81. The summed E-state index contributed by atoms with van der Waals surface area (Å²) in [6, 6.07) is 0. The van der Waals surface area contributed by atoms with Crippen molar-refractivity contribution in [3.63, 3.8) is 0 Å². The molecule has 12 heavy (non-hydrogen) atoms. The van der Waals surface area contributed by atoms with Crippen molar-refractivity contribution in [1.29, 1.82) is 0 Å². The zero-order chi connectivity index (χ0) is 9.19. The fraction of sp³-hybridized carbons (Fsp3) is 0.714. The summed E-state index contributed by atoms with van der Waals surface area (Å²) in [6.45, 7) is 2.09. The second-order valence-corrected chi connectivity index (χ2v) is 5.79. The lowest BCUT2D eigenvalue weighted by molar-refractivity contribution is 0.310. The van der Waals surface area contributed by atoms with E-state index in [2.05, 4.69) is 39.8 Å². The first kappa shape index (κ1) is 9.76. The molecule has 4 nitrogen and oxygen atoms in total. The van der Waals surface area contributed by atoms with Crippen molar-refractivity contribution in [3.8, 4) is 0 Å². The maximum atomic E-state index is 8.62. The van der Waals surface area contributed by atoms with Crippen molar-refractivity contribution in [2.45, 2.75) is 29.6 Å². The largest absolute Gasteiger partial charge is 0.411 e. The predicted octanol–water partition coefficient (Wildman–Crippen LogP) is 2.02. The predicted molar refractivity (Wildman–Crippen MR) is 54.7 cm³/mol. The van der Waals surface area contributed by atoms with Crippen LogP contribution >= 0.6 is 22.6 Å². The normalized spacial score (nSPS) is 37.5. The minimum absolute atomic E-state index is 0.119. The van der Waals surface area contributed by atoms with Gasteiger partial charge in [0.05, 0.1) is 0 Å². The Bertz CT molecular complexity index is 236. The van der Waals surface area contributed by atoms with Crippen molar-refractivity contribution in [3.05, 3.63) is 0 Å². The van der Waals surface area contributed by atoms with E-state index in [9.17, 15) is 0 Å². The van der Waals surface area contributed by atoms with E-state index in [1.54, 1.807) is 0 Å². The lowest BCUT2D eigenvalue weighted by Crippen LogP contribution is -2.32. The van der Waals surface area contributed by atoms with Gasteiger partial charge in [-0.15, -0.1) is 0 Å². The second-order valence-electron chi connectivity index (χ2n) is 3.18. The number of rotatable bonds is 0. The highest BCUT2D eigenvalue weighted by atomic mass is 127. The molecule has 2 N–H and O–H groups in total. The van der Waals surface area contributed by atoms with Gasteiger partial charge in [-0.25, -0.2) is 0 Å². The molecule has 0 spiro atoms. The van der Waals surface area contributed by atoms with Crippen molar-refractivity contribution in [2.24, 2.45) is 10.3 Å². The topological polar surface area (TPSA) is 65.2 Å². The van der Waals surface area contributed by atoms with Crippen LogP contribution < -0.4 is 0 Å². The minimum atomic E-state index is 0.119. The molecule has 0 aliphatic heterocycles. The van der Waals surface area contributed by atoms with Gasteiger partial charge >= 0.3 is 0 Å². The maximum absolute atomic E-state index is 8.62. The molecule has 0 aromatic carbocycles. The summed E-state index contributed by atoms with van der Waals surface area (Å²) in [6.07, 6.45) is 2.28. The molecule has 0 amide bonds. The quantitative estimate of drug-likeness (QED) is 0.309. The maximum Gasteiger partial charge on any atom is 0.106 e. The lowest BCUT2D eigenvalue weighted by atomic mass is 9.88. The van der Waals surface area contributed by atoms with E-state index in [1.165, 1.54) is 0 Å². The molecule has 1 aliphatic rings. The van der Waals surface area contributed by atoms with Crippen LogP contribution in [0.3, 0.4) is 0 Å². The summed E-state index contributed by atoms with van der Waals surface area (Å²) in [7, 11) is 0. The Morgan fingerprint density at radius 3 is 2.42 bits per heavy atom. The van der Waals surface area contributed by atoms with Crippen molar-refractivity contribution >= 4 is 34.0 Å². The lowest BCUT2D eigenvalue weighted by Gasteiger charge is -2.27. The van der Waals surface area contributed by atoms with Gasteiger partial charge in [0.25, 0.3) is 0 Å². The third kappa shape index (κ3) is 2.09. The Morgan fingerprint density at radius 2 is 1.92 bits per heavy atom. The Morgan fingerprint density at radius 1 is 1.33 bits per heavy atom. The van der Waals surface area contributed by atoms with Crippen LogP contribution in [-0.4, -0.2) is 25.3 Å². The number of halogens is 1. The first-order chi connectivity index (χ1) is 5.59. The molecule has 0 aromatic heterocycles. The van der Waals surface area contributed by atoms with Crippen molar-refractivity contribution in [1.82, 2.24) is 0 Å². The molecule has 1 aliphatic carbocycles. The third-order valence-corrected chi connectivity index (χ3v) is 2.91. The molecule has 0 saturated heterocycles. The first-order valence-corrected chi connectivity index (χ1v) is 4.78. The fourth-order valence-corrected chi connectivity index (χ4v) is 1.89. The molecule has 0 bridgehead atoms. The first-order valence-electron chi connectivity index (χ1n) is 3.70. The van der Waals surface area contributed by atoms with E-state index in [0.29, 0.717) is 24.3 Å². The van der Waals surface area contributed by atoms with Crippen LogP contribution in [0.2, 0.25) is 0 Å². The van der Waals surface area contributed by atoms with Gasteiger partial charge in [-0.3, -0.25) is 0 Å². The van der Waals surface area contributed by atoms with E-state index in [4.69, 9.17) is 10.4 Å². The average molecular weight is 282 g/mol. The van der Waals surface area contributed by atoms with Gasteiger partial charge in [-0.05, 0) is 12.8 Å². The molecule has 68 valence electrons. The zero-order valence-corrected chi connectivity index (χ0v) is 8.95. The van der Waals surface area contributed by atoms with Crippen LogP contribution in [0.15, 0.2) is 10.3 Å². The van der Waals surface area contributed by atoms with E-state index >= 15 is 0 Å². The highest BCUT2D eigenvalue weighted by molar-refractivity contribution is 14.1. The molecule has 0 aromatic rings. The van der Waals surface area contributed by atoms with Crippen LogP contribution in [0.4, 0.5) is 0 Å². The highest BCUT2D eigenvalue weighted by Crippen LogP contribution is 2.33. The van der Waals surface area contributed by atoms with Crippen LogP contribution in [0, 0.1) is 0 Å². The summed E-state index contributed by atoms with van der Waals surface area (Å²) in [4.78, 5) is 0. The molecule has 0 heterocycles. The van der Waals surface area contributed by atoms with Crippen LogP contribution in [0.1, 0.15) is 26.2 Å².